The molecule has 11 heteroatoms. The number of halogens is 1. The van der Waals surface area contributed by atoms with Gasteiger partial charge < -0.3 is 15.3 Å². The highest BCUT2D eigenvalue weighted by molar-refractivity contribution is 7.93. The minimum atomic E-state index is -4.39. The first kappa shape index (κ1) is 32.5. The van der Waals surface area contributed by atoms with E-state index in [1.807, 2.05) is 30.3 Å². The Bertz CT molecular complexity index is 1660. The number of hydrogen-bond acceptors (Lipinski definition) is 6. The predicted octanol–water partition coefficient (Wildman–Crippen LogP) is 6.55. The molecule has 9 nitrogen and oxygen atoms in total. The number of nitrogens with one attached hydrogen (secondary N) is 2. The molecule has 0 radical (unpaired) electrons. The number of nitrogens with zero attached hydrogens (tertiary/aromatic N) is 2. The SMILES string of the molecule is Cc1c(F)cc(NS(=O)(=O)CC(=O)N(Cc2ccc(C3CCCCC3)cc2)c2ccc(C(=O)O)cc2)c(NC(C)C)c1C#N. The van der Waals surface area contributed by atoms with E-state index < -0.39 is 33.5 Å². The number of rotatable bonds is 11. The highest BCUT2D eigenvalue weighted by Crippen LogP contribution is 2.34. The van der Waals surface area contributed by atoms with Crippen LogP contribution >= 0.6 is 0 Å². The quantitative estimate of drug-likeness (QED) is 0.221. The monoisotopic (exact) mass is 620 g/mol. The Morgan fingerprint density at radius 1 is 1.07 bits per heavy atom. The van der Waals surface area contributed by atoms with Gasteiger partial charge in [-0.1, -0.05) is 43.5 Å². The fourth-order valence-electron chi connectivity index (χ4n) is 5.47. The van der Waals surface area contributed by atoms with E-state index in [1.54, 1.807) is 13.8 Å². The first-order valence-electron chi connectivity index (χ1n) is 14.6. The zero-order chi connectivity index (χ0) is 32.0. The lowest BCUT2D eigenvalue weighted by molar-refractivity contribution is -0.116. The molecule has 1 fully saturated rings. The van der Waals surface area contributed by atoms with Crippen LogP contribution in [0.15, 0.2) is 54.6 Å². The fourth-order valence-corrected chi connectivity index (χ4v) is 6.52. The molecule has 0 atom stereocenters. The third-order valence-corrected chi connectivity index (χ3v) is 8.93. The van der Waals surface area contributed by atoms with Crippen LogP contribution in [0, 0.1) is 24.1 Å². The van der Waals surface area contributed by atoms with E-state index in [4.69, 9.17) is 0 Å². The summed E-state index contributed by atoms with van der Waals surface area (Å²) in [4.78, 5) is 26.3. The Kier molecular flexibility index (Phi) is 10.3. The lowest BCUT2D eigenvalue weighted by Crippen LogP contribution is -2.37. The maximum atomic E-state index is 14.7. The number of amides is 1. The standard InChI is InChI=1S/C33H37FN4O5S/c1-21(2)36-32-28(18-35)22(3)29(34)17-30(32)37-44(42,43)20-31(39)38(27-15-13-26(14-16-27)33(40)41)19-23-9-11-25(12-10-23)24-7-5-4-6-8-24/h9-17,21,24,36-37H,4-8,19-20H2,1-3H3,(H,40,41). The van der Waals surface area contributed by atoms with Gasteiger partial charge in [0.1, 0.15) is 17.6 Å². The molecule has 3 aromatic rings. The van der Waals surface area contributed by atoms with Crippen molar-refractivity contribution in [3.63, 3.8) is 0 Å². The van der Waals surface area contributed by atoms with E-state index in [2.05, 4.69) is 10.0 Å². The van der Waals surface area contributed by atoms with Gasteiger partial charge in [-0.15, -0.1) is 0 Å². The summed E-state index contributed by atoms with van der Waals surface area (Å²) in [5.74, 6) is -3.15. The lowest BCUT2D eigenvalue weighted by atomic mass is 9.84. The van der Waals surface area contributed by atoms with Crippen molar-refractivity contribution in [3.8, 4) is 6.07 Å². The number of aromatic carboxylic acids is 1. The van der Waals surface area contributed by atoms with Gasteiger partial charge in [0.05, 0.1) is 29.0 Å². The number of carboxylic acid groups (broad SMARTS) is 1. The van der Waals surface area contributed by atoms with Crippen LogP contribution in [0.3, 0.4) is 0 Å². The summed E-state index contributed by atoms with van der Waals surface area (Å²) in [5, 5.41) is 22.0. The minimum Gasteiger partial charge on any atom is -0.478 e. The van der Waals surface area contributed by atoms with Gasteiger partial charge in [-0.2, -0.15) is 5.26 Å². The molecule has 1 amide bonds. The Morgan fingerprint density at radius 3 is 2.27 bits per heavy atom. The second kappa shape index (κ2) is 13.9. The van der Waals surface area contributed by atoms with Gasteiger partial charge in [-0.3, -0.25) is 9.52 Å². The van der Waals surface area contributed by atoms with Gasteiger partial charge in [-0.05, 0) is 74.9 Å². The molecular weight excluding hydrogens is 583 g/mol. The molecule has 0 bridgehead atoms. The van der Waals surface area contributed by atoms with Crippen LogP contribution in [0.1, 0.15) is 84.5 Å². The first-order chi connectivity index (χ1) is 20.9. The zero-order valence-corrected chi connectivity index (χ0v) is 25.9. The van der Waals surface area contributed by atoms with Gasteiger partial charge in [0, 0.05) is 23.4 Å². The molecule has 44 heavy (non-hydrogen) atoms. The van der Waals surface area contributed by atoms with Gasteiger partial charge in [0.25, 0.3) is 0 Å². The Morgan fingerprint density at radius 2 is 1.70 bits per heavy atom. The molecule has 3 aromatic carbocycles. The smallest absolute Gasteiger partial charge is 0.335 e. The van der Waals surface area contributed by atoms with E-state index in [0.717, 1.165) is 24.5 Å². The maximum Gasteiger partial charge on any atom is 0.335 e. The lowest BCUT2D eigenvalue weighted by Gasteiger charge is -2.25. The molecule has 232 valence electrons. The summed E-state index contributed by atoms with van der Waals surface area (Å²) in [7, 11) is -4.39. The number of hydrogen-bond donors (Lipinski definition) is 3. The molecule has 1 aliphatic carbocycles. The number of sulfonamides is 1. The molecule has 1 saturated carbocycles. The van der Waals surface area contributed by atoms with Crippen LogP contribution < -0.4 is 14.9 Å². The molecule has 0 spiro atoms. The van der Waals surface area contributed by atoms with Crippen molar-refractivity contribution in [2.45, 2.75) is 71.4 Å². The molecular formula is C33H37FN4O5S. The van der Waals surface area contributed by atoms with Crippen LogP contribution in [0.5, 0.6) is 0 Å². The number of nitriles is 1. The molecule has 3 N–H and O–H groups in total. The van der Waals surface area contributed by atoms with Crippen molar-refractivity contribution in [1.29, 1.82) is 5.26 Å². The van der Waals surface area contributed by atoms with Crippen molar-refractivity contribution in [1.82, 2.24) is 0 Å². The van der Waals surface area contributed by atoms with Gasteiger partial charge in [-0.25, -0.2) is 17.6 Å². The van der Waals surface area contributed by atoms with Crippen LogP contribution in [-0.4, -0.2) is 37.2 Å². The summed E-state index contributed by atoms with van der Waals surface area (Å²) < 4.78 is 43.6. The van der Waals surface area contributed by atoms with Crippen molar-refractivity contribution in [2.24, 2.45) is 0 Å². The molecule has 0 saturated heterocycles. The summed E-state index contributed by atoms with van der Waals surface area (Å²) in [6.45, 7) is 5.05. The number of carboxylic acids is 1. The van der Waals surface area contributed by atoms with Crippen LogP contribution in [0.4, 0.5) is 21.5 Å². The van der Waals surface area contributed by atoms with E-state index in [0.29, 0.717) is 11.6 Å². The predicted molar refractivity (Wildman–Crippen MR) is 169 cm³/mol. The molecule has 0 aliphatic heterocycles. The van der Waals surface area contributed by atoms with Crippen LogP contribution in [-0.2, 0) is 21.4 Å². The van der Waals surface area contributed by atoms with E-state index in [-0.39, 0.29) is 40.7 Å². The number of carbonyl (C=O) groups excluding carboxylic acids is 1. The Labute approximate surface area is 257 Å². The number of carbonyl (C=O) groups is 2. The molecule has 0 unspecified atom stereocenters. The third-order valence-electron chi connectivity index (χ3n) is 7.77. The summed E-state index contributed by atoms with van der Waals surface area (Å²) in [6.07, 6.45) is 5.93. The second-order valence-corrected chi connectivity index (χ2v) is 13.2. The number of benzene rings is 3. The normalized spacial score (nSPS) is 13.7. The highest BCUT2D eigenvalue weighted by atomic mass is 32.2. The molecule has 1 aliphatic rings. The first-order valence-corrected chi connectivity index (χ1v) is 16.3. The second-order valence-electron chi connectivity index (χ2n) is 11.5. The average Bonchev–Trinajstić information content (AvgIpc) is 2.99. The Hall–Kier alpha value is -4.43. The topological polar surface area (TPSA) is 140 Å². The Balaban J connectivity index is 1.62. The van der Waals surface area contributed by atoms with Gasteiger partial charge >= 0.3 is 5.97 Å². The summed E-state index contributed by atoms with van der Waals surface area (Å²) in [5.41, 5.74) is 2.32. The highest BCUT2D eigenvalue weighted by Gasteiger charge is 2.26. The maximum absolute atomic E-state index is 14.7. The zero-order valence-electron chi connectivity index (χ0n) is 25.1. The number of anilines is 3. The molecule has 4 rings (SSSR count). The van der Waals surface area contributed by atoms with E-state index >= 15 is 0 Å². The molecule has 0 aromatic heterocycles. The summed E-state index contributed by atoms with van der Waals surface area (Å²) >= 11 is 0. The fraction of sp³-hybridized carbons (Fsp3) is 0.364. The van der Waals surface area contributed by atoms with Crippen molar-refractivity contribution in [2.75, 3.05) is 20.7 Å². The van der Waals surface area contributed by atoms with Gasteiger partial charge in [0.15, 0.2) is 0 Å². The van der Waals surface area contributed by atoms with Crippen molar-refractivity contribution < 1.29 is 27.5 Å². The minimum absolute atomic E-state index is 0.0205. The summed E-state index contributed by atoms with van der Waals surface area (Å²) in [6, 6.07) is 16.2. The van der Waals surface area contributed by atoms with Crippen molar-refractivity contribution in [3.05, 3.63) is 88.2 Å². The van der Waals surface area contributed by atoms with Gasteiger partial charge in [0.2, 0.25) is 15.9 Å². The van der Waals surface area contributed by atoms with Crippen LogP contribution in [0.2, 0.25) is 0 Å². The van der Waals surface area contributed by atoms with E-state index in [1.165, 1.54) is 60.9 Å². The van der Waals surface area contributed by atoms with Crippen LogP contribution in [0.25, 0.3) is 0 Å². The van der Waals surface area contributed by atoms with E-state index in [9.17, 15) is 32.8 Å². The third kappa shape index (κ3) is 7.94. The van der Waals surface area contributed by atoms with Crippen molar-refractivity contribution >= 4 is 39.0 Å². The molecule has 0 heterocycles. The average molecular weight is 621 g/mol. The largest absolute Gasteiger partial charge is 0.478 e.